The van der Waals surface area contributed by atoms with Crippen LogP contribution in [0.25, 0.3) is 6.08 Å². The van der Waals surface area contributed by atoms with Gasteiger partial charge in [-0.05, 0) is 74.6 Å². The van der Waals surface area contributed by atoms with Crippen LogP contribution in [0.15, 0.2) is 36.1 Å². The van der Waals surface area contributed by atoms with Crippen LogP contribution in [0.4, 0.5) is 0 Å². The highest BCUT2D eigenvalue weighted by Crippen LogP contribution is 2.42. The Balaban J connectivity index is 1.63. The Hall–Kier alpha value is -2.79. The van der Waals surface area contributed by atoms with Crippen molar-refractivity contribution < 1.29 is 19.4 Å². The Labute approximate surface area is 177 Å². The first-order valence-electron chi connectivity index (χ1n) is 10.7. The standard InChI is InChI=1S/C25H29NO4/c1-4-29-19-9-7-18(8-10-19)13-22-24(28)23-17(3)12-21(27)20(25(23)30-22)15-26-11-5-6-16(2)14-26/h7-10,12-13,16,27H,4-6,11,14-15H2,1-3H3/b22-13+. The van der Waals surface area contributed by atoms with Gasteiger partial charge in [0.05, 0.1) is 17.7 Å². The lowest BCUT2D eigenvalue weighted by Crippen LogP contribution is -2.33. The zero-order chi connectivity index (χ0) is 21.3. The van der Waals surface area contributed by atoms with Crippen molar-refractivity contribution in [1.82, 2.24) is 4.90 Å². The highest BCUT2D eigenvalue weighted by Gasteiger charge is 2.34. The molecule has 0 saturated carbocycles. The van der Waals surface area contributed by atoms with Crippen LogP contribution in [0.3, 0.4) is 0 Å². The fraction of sp³-hybridized carbons (Fsp3) is 0.400. The molecule has 0 spiro atoms. The largest absolute Gasteiger partial charge is 0.507 e. The van der Waals surface area contributed by atoms with Crippen molar-refractivity contribution in [3.8, 4) is 17.2 Å². The Kier molecular flexibility index (Phi) is 5.82. The van der Waals surface area contributed by atoms with E-state index in [1.807, 2.05) is 38.1 Å². The van der Waals surface area contributed by atoms with E-state index in [0.717, 1.165) is 36.4 Å². The summed E-state index contributed by atoms with van der Waals surface area (Å²) in [5, 5.41) is 10.6. The molecule has 158 valence electrons. The maximum absolute atomic E-state index is 13.1. The normalized spacial score (nSPS) is 20.3. The minimum atomic E-state index is -0.135. The van der Waals surface area contributed by atoms with Gasteiger partial charge in [0.15, 0.2) is 5.76 Å². The van der Waals surface area contributed by atoms with E-state index in [1.165, 1.54) is 6.42 Å². The number of phenolic OH excluding ortho intramolecular Hbond substituents is 1. The van der Waals surface area contributed by atoms with Gasteiger partial charge in [-0.25, -0.2) is 0 Å². The minimum absolute atomic E-state index is 0.135. The number of piperidine rings is 1. The zero-order valence-electron chi connectivity index (χ0n) is 17.9. The number of hydrogen-bond donors (Lipinski definition) is 1. The molecule has 0 aliphatic carbocycles. The average molecular weight is 408 g/mol. The lowest BCUT2D eigenvalue weighted by molar-refractivity contribution is 0.101. The van der Waals surface area contributed by atoms with Crippen molar-refractivity contribution in [3.05, 3.63) is 58.3 Å². The minimum Gasteiger partial charge on any atom is -0.507 e. The van der Waals surface area contributed by atoms with Gasteiger partial charge >= 0.3 is 0 Å². The van der Waals surface area contributed by atoms with Crippen molar-refractivity contribution in [2.24, 2.45) is 5.92 Å². The number of aromatic hydroxyl groups is 1. The van der Waals surface area contributed by atoms with Gasteiger partial charge in [0.1, 0.15) is 17.2 Å². The second-order valence-electron chi connectivity index (χ2n) is 8.32. The number of likely N-dealkylation sites (tertiary alicyclic amines) is 1. The van der Waals surface area contributed by atoms with Gasteiger partial charge < -0.3 is 14.6 Å². The number of nitrogens with zero attached hydrogens (tertiary/aromatic N) is 1. The van der Waals surface area contributed by atoms with E-state index < -0.39 is 0 Å². The molecule has 1 N–H and O–H groups in total. The molecule has 5 heteroatoms. The van der Waals surface area contributed by atoms with Crippen LogP contribution in [0.2, 0.25) is 0 Å². The van der Waals surface area contributed by atoms with Crippen molar-refractivity contribution in [1.29, 1.82) is 0 Å². The number of benzene rings is 2. The number of allylic oxidation sites excluding steroid dienone is 1. The summed E-state index contributed by atoms with van der Waals surface area (Å²) in [5.74, 6) is 2.28. The molecule has 0 amide bonds. The van der Waals surface area contributed by atoms with Crippen LogP contribution in [-0.4, -0.2) is 35.5 Å². The van der Waals surface area contributed by atoms with E-state index in [0.29, 0.717) is 35.9 Å². The Morgan fingerprint density at radius 2 is 2.07 bits per heavy atom. The molecule has 0 aromatic heterocycles. The number of carbonyl (C=O) groups excluding carboxylic acids is 1. The van der Waals surface area contributed by atoms with Gasteiger partial charge in [0, 0.05) is 13.1 Å². The summed E-state index contributed by atoms with van der Waals surface area (Å²) in [6, 6.07) is 9.24. The molecule has 5 nitrogen and oxygen atoms in total. The number of hydrogen-bond acceptors (Lipinski definition) is 5. The molecule has 1 atom stereocenters. The molecule has 0 bridgehead atoms. The number of carbonyl (C=O) groups is 1. The van der Waals surface area contributed by atoms with Crippen molar-refractivity contribution in [3.63, 3.8) is 0 Å². The third-order valence-corrected chi connectivity index (χ3v) is 5.83. The predicted molar refractivity (Wildman–Crippen MR) is 117 cm³/mol. The average Bonchev–Trinajstić information content (AvgIpc) is 3.03. The van der Waals surface area contributed by atoms with Crippen LogP contribution in [0, 0.1) is 12.8 Å². The zero-order valence-corrected chi connectivity index (χ0v) is 17.9. The van der Waals surface area contributed by atoms with Gasteiger partial charge in [-0.15, -0.1) is 0 Å². The van der Waals surface area contributed by atoms with E-state index in [1.54, 1.807) is 12.1 Å². The van der Waals surface area contributed by atoms with E-state index in [-0.39, 0.29) is 17.3 Å². The summed E-state index contributed by atoms with van der Waals surface area (Å²) in [5.41, 5.74) is 2.86. The van der Waals surface area contributed by atoms with Crippen LogP contribution in [0.1, 0.15) is 53.7 Å². The maximum atomic E-state index is 13.1. The summed E-state index contributed by atoms with van der Waals surface area (Å²) in [7, 11) is 0. The van der Waals surface area contributed by atoms with Gasteiger partial charge in [0.2, 0.25) is 5.78 Å². The van der Waals surface area contributed by atoms with Crippen molar-refractivity contribution in [2.45, 2.75) is 40.2 Å². The number of phenols is 1. The smallest absolute Gasteiger partial charge is 0.232 e. The number of Topliss-reactive ketones (excluding diaryl/α,β-unsaturated/α-hetero) is 1. The Morgan fingerprint density at radius 3 is 2.77 bits per heavy atom. The Morgan fingerprint density at radius 1 is 1.30 bits per heavy atom. The number of rotatable bonds is 5. The predicted octanol–water partition coefficient (Wildman–Crippen LogP) is 4.95. The lowest BCUT2D eigenvalue weighted by atomic mass is 9.97. The van der Waals surface area contributed by atoms with Crippen LogP contribution < -0.4 is 9.47 Å². The number of ether oxygens (including phenoxy) is 2. The van der Waals surface area contributed by atoms with Gasteiger partial charge in [-0.2, -0.15) is 0 Å². The van der Waals surface area contributed by atoms with E-state index in [9.17, 15) is 9.90 Å². The second-order valence-corrected chi connectivity index (χ2v) is 8.32. The third-order valence-electron chi connectivity index (χ3n) is 5.83. The topological polar surface area (TPSA) is 59.0 Å². The third kappa shape index (κ3) is 4.08. The first-order valence-corrected chi connectivity index (χ1v) is 10.7. The molecule has 1 unspecified atom stereocenters. The monoisotopic (exact) mass is 407 g/mol. The molecule has 2 heterocycles. The molecular weight excluding hydrogens is 378 g/mol. The summed E-state index contributed by atoms with van der Waals surface area (Å²) in [4.78, 5) is 15.4. The fourth-order valence-corrected chi connectivity index (χ4v) is 4.37. The van der Waals surface area contributed by atoms with Crippen molar-refractivity contribution >= 4 is 11.9 Å². The van der Waals surface area contributed by atoms with Crippen LogP contribution in [-0.2, 0) is 6.54 Å². The Bertz CT molecular complexity index is 978. The van der Waals surface area contributed by atoms with Crippen LogP contribution >= 0.6 is 0 Å². The lowest BCUT2D eigenvalue weighted by Gasteiger charge is -2.31. The van der Waals surface area contributed by atoms with Crippen LogP contribution in [0.5, 0.6) is 17.2 Å². The highest BCUT2D eigenvalue weighted by atomic mass is 16.5. The van der Waals surface area contributed by atoms with Gasteiger partial charge in [-0.1, -0.05) is 19.1 Å². The summed E-state index contributed by atoms with van der Waals surface area (Å²) < 4.78 is 11.5. The molecule has 1 saturated heterocycles. The van der Waals surface area contributed by atoms with E-state index in [2.05, 4.69) is 11.8 Å². The summed E-state index contributed by atoms with van der Waals surface area (Å²) >= 11 is 0. The highest BCUT2D eigenvalue weighted by molar-refractivity contribution is 6.15. The molecule has 2 aliphatic rings. The van der Waals surface area contributed by atoms with E-state index >= 15 is 0 Å². The first-order chi connectivity index (χ1) is 14.5. The van der Waals surface area contributed by atoms with E-state index in [4.69, 9.17) is 9.47 Å². The summed E-state index contributed by atoms with van der Waals surface area (Å²) in [6.07, 6.45) is 4.14. The summed E-state index contributed by atoms with van der Waals surface area (Å²) in [6.45, 7) is 9.22. The second kappa shape index (κ2) is 8.52. The molecule has 2 aromatic rings. The number of aryl methyl sites for hydroxylation is 1. The molecule has 2 aromatic carbocycles. The first kappa shape index (κ1) is 20.5. The SMILES string of the molecule is CCOc1ccc(/C=C2/Oc3c(CN4CCCC(C)C4)c(O)cc(C)c3C2=O)cc1. The molecular formula is C25H29NO4. The molecule has 2 aliphatic heterocycles. The number of fused-ring (bicyclic) bond motifs is 1. The molecule has 1 fully saturated rings. The van der Waals surface area contributed by atoms with Crippen molar-refractivity contribution in [2.75, 3.05) is 19.7 Å². The maximum Gasteiger partial charge on any atom is 0.232 e. The number of ketones is 1. The molecule has 30 heavy (non-hydrogen) atoms. The van der Waals surface area contributed by atoms with Gasteiger partial charge in [0.25, 0.3) is 0 Å². The molecule has 0 radical (unpaired) electrons. The van der Waals surface area contributed by atoms with Gasteiger partial charge in [-0.3, -0.25) is 9.69 Å². The fourth-order valence-electron chi connectivity index (χ4n) is 4.37. The molecule has 4 rings (SSSR count). The quantitative estimate of drug-likeness (QED) is 0.711.